The highest BCUT2D eigenvalue weighted by atomic mass is 16.2. The Morgan fingerprint density at radius 2 is 2.12 bits per heavy atom. The minimum atomic E-state index is -0.114. The molecular formula is C11H19N5O. The van der Waals surface area contributed by atoms with Crippen molar-refractivity contribution in [3.05, 3.63) is 11.8 Å². The monoisotopic (exact) mass is 237 g/mol. The second kappa shape index (κ2) is 4.75. The van der Waals surface area contributed by atoms with Crippen LogP contribution in [0.25, 0.3) is 0 Å². The second-order valence-corrected chi connectivity index (χ2v) is 4.66. The summed E-state index contributed by atoms with van der Waals surface area (Å²) in [6, 6.07) is 2.10. The minimum absolute atomic E-state index is 0.114. The number of nitrogens with zero attached hydrogens (tertiary/aromatic N) is 2. The van der Waals surface area contributed by atoms with Crippen LogP contribution in [0, 0.1) is 0 Å². The van der Waals surface area contributed by atoms with E-state index in [1.807, 2.05) is 0 Å². The quantitative estimate of drug-likeness (QED) is 0.674. The molecule has 1 aliphatic carbocycles. The van der Waals surface area contributed by atoms with E-state index in [1.165, 1.54) is 4.68 Å². The summed E-state index contributed by atoms with van der Waals surface area (Å²) in [7, 11) is 1.71. The molecule has 1 aliphatic rings. The van der Waals surface area contributed by atoms with Crippen molar-refractivity contribution in [3.63, 3.8) is 0 Å². The Kier molecular flexibility index (Phi) is 3.33. The van der Waals surface area contributed by atoms with Gasteiger partial charge in [0.2, 0.25) is 0 Å². The fourth-order valence-corrected chi connectivity index (χ4v) is 2.22. The third kappa shape index (κ3) is 2.76. The number of amides is 1. The number of aromatic nitrogens is 2. The van der Waals surface area contributed by atoms with Crippen molar-refractivity contribution < 1.29 is 4.79 Å². The molecule has 6 heteroatoms. The van der Waals surface area contributed by atoms with E-state index in [0.29, 0.717) is 11.5 Å². The number of nitrogen functional groups attached to an aromatic ring is 1. The summed E-state index contributed by atoms with van der Waals surface area (Å²) in [5.74, 6) is 0.250. The fourth-order valence-electron chi connectivity index (χ4n) is 2.22. The van der Waals surface area contributed by atoms with Gasteiger partial charge in [-0.05, 0) is 25.7 Å². The van der Waals surface area contributed by atoms with Crippen LogP contribution in [0.4, 0.5) is 5.82 Å². The summed E-state index contributed by atoms with van der Waals surface area (Å²) in [5, 5.41) is 6.95. The number of nitrogens with one attached hydrogen (secondary N) is 1. The average Bonchev–Trinajstić information content (AvgIpc) is 2.61. The minimum Gasteiger partial charge on any atom is -0.382 e. The number of carbonyl (C=O) groups excluding carboxylic acids is 1. The van der Waals surface area contributed by atoms with Gasteiger partial charge >= 0.3 is 0 Å². The van der Waals surface area contributed by atoms with Crippen LogP contribution in [-0.4, -0.2) is 27.8 Å². The highest BCUT2D eigenvalue weighted by Crippen LogP contribution is 2.17. The van der Waals surface area contributed by atoms with Gasteiger partial charge in [0.15, 0.2) is 0 Å². The number of carbonyl (C=O) groups is 1. The predicted molar refractivity (Wildman–Crippen MR) is 65.3 cm³/mol. The van der Waals surface area contributed by atoms with Gasteiger partial charge in [-0.3, -0.25) is 9.48 Å². The molecule has 1 fully saturated rings. The molecule has 94 valence electrons. The first kappa shape index (κ1) is 11.9. The SMILES string of the molecule is Cn1nc(N)cc1C(=O)N[C@H]1CC[C@H](N)CC1. The molecule has 5 N–H and O–H groups in total. The number of rotatable bonds is 2. The fraction of sp³-hybridized carbons (Fsp3) is 0.636. The molecule has 0 unspecified atom stereocenters. The van der Waals surface area contributed by atoms with Crippen LogP contribution in [0.2, 0.25) is 0 Å². The van der Waals surface area contributed by atoms with Crippen molar-refractivity contribution in [1.82, 2.24) is 15.1 Å². The number of nitrogens with two attached hydrogens (primary N) is 2. The molecule has 6 nitrogen and oxygen atoms in total. The van der Waals surface area contributed by atoms with Crippen molar-refractivity contribution in [3.8, 4) is 0 Å². The zero-order valence-electron chi connectivity index (χ0n) is 10.0. The number of hydrogen-bond donors (Lipinski definition) is 3. The smallest absolute Gasteiger partial charge is 0.269 e. The van der Waals surface area contributed by atoms with Gasteiger partial charge in [0, 0.05) is 25.2 Å². The van der Waals surface area contributed by atoms with Gasteiger partial charge in [-0.15, -0.1) is 0 Å². The van der Waals surface area contributed by atoms with Crippen LogP contribution in [-0.2, 0) is 7.05 Å². The molecule has 0 aliphatic heterocycles. The van der Waals surface area contributed by atoms with E-state index in [1.54, 1.807) is 13.1 Å². The lowest BCUT2D eigenvalue weighted by atomic mass is 9.92. The first-order chi connectivity index (χ1) is 8.06. The van der Waals surface area contributed by atoms with Crippen molar-refractivity contribution in [2.24, 2.45) is 12.8 Å². The Labute approximate surface area is 100 Å². The molecule has 0 aromatic carbocycles. The molecule has 2 rings (SSSR count). The van der Waals surface area contributed by atoms with E-state index >= 15 is 0 Å². The van der Waals surface area contributed by atoms with Crippen molar-refractivity contribution in [2.45, 2.75) is 37.8 Å². The maximum atomic E-state index is 12.0. The summed E-state index contributed by atoms with van der Waals surface area (Å²) in [6.45, 7) is 0. The number of aryl methyl sites for hydroxylation is 1. The largest absolute Gasteiger partial charge is 0.382 e. The third-order valence-corrected chi connectivity index (χ3v) is 3.24. The molecule has 0 radical (unpaired) electrons. The van der Waals surface area contributed by atoms with E-state index in [-0.39, 0.29) is 18.0 Å². The van der Waals surface area contributed by atoms with Crippen molar-refractivity contribution in [2.75, 3.05) is 5.73 Å². The summed E-state index contributed by atoms with van der Waals surface area (Å²) >= 11 is 0. The Morgan fingerprint density at radius 3 is 2.65 bits per heavy atom. The molecule has 0 spiro atoms. The van der Waals surface area contributed by atoms with Gasteiger partial charge in [0.05, 0.1) is 0 Å². The first-order valence-corrected chi connectivity index (χ1v) is 5.92. The van der Waals surface area contributed by atoms with Crippen LogP contribution in [0.3, 0.4) is 0 Å². The summed E-state index contributed by atoms with van der Waals surface area (Å²) in [5.41, 5.74) is 11.9. The Morgan fingerprint density at radius 1 is 1.47 bits per heavy atom. The third-order valence-electron chi connectivity index (χ3n) is 3.24. The predicted octanol–water partition coefficient (Wildman–Crippen LogP) is 0.00200. The second-order valence-electron chi connectivity index (χ2n) is 4.66. The van der Waals surface area contributed by atoms with E-state index in [9.17, 15) is 4.79 Å². The zero-order chi connectivity index (χ0) is 12.4. The molecule has 1 saturated carbocycles. The van der Waals surface area contributed by atoms with Crippen LogP contribution < -0.4 is 16.8 Å². The lowest BCUT2D eigenvalue weighted by Crippen LogP contribution is -2.41. The summed E-state index contributed by atoms with van der Waals surface area (Å²) in [6.07, 6.45) is 3.83. The molecule has 17 heavy (non-hydrogen) atoms. The Hall–Kier alpha value is -1.56. The maximum absolute atomic E-state index is 12.0. The maximum Gasteiger partial charge on any atom is 0.269 e. The molecule has 1 aromatic rings. The average molecular weight is 237 g/mol. The van der Waals surface area contributed by atoms with Crippen LogP contribution in [0.1, 0.15) is 36.2 Å². The molecule has 0 saturated heterocycles. The molecular weight excluding hydrogens is 218 g/mol. The summed E-state index contributed by atoms with van der Waals surface area (Å²) < 4.78 is 1.50. The topological polar surface area (TPSA) is 99.0 Å². The highest BCUT2D eigenvalue weighted by Gasteiger charge is 2.21. The van der Waals surface area contributed by atoms with E-state index in [0.717, 1.165) is 25.7 Å². The molecule has 0 bridgehead atoms. The lowest BCUT2D eigenvalue weighted by molar-refractivity contribution is 0.0916. The van der Waals surface area contributed by atoms with E-state index in [2.05, 4.69) is 10.4 Å². The summed E-state index contributed by atoms with van der Waals surface area (Å²) in [4.78, 5) is 12.0. The van der Waals surface area contributed by atoms with Gasteiger partial charge in [-0.2, -0.15) is 5.10 Å². The Balaban J connectivity index is 1.95. The highest BCUT2D eigenvalue weighted by molar-refractivity contribution is 5.93. The number of anilines is 1. The van der Waals surface area contributed by atoms with Gasteiger partial charge in [0.1, 0.15) is 11.5 Å². The van der Waals surface area contributed by atoms with E-state index < -0.39 is 0 Å². The van der Waals surface area contributed by atoms with Gasteiger partial charge in [-0.25, -0.2) is 0 Å². The lowest BCUT2D eigenvalue weighted by Gasteiger charge is -2.26. The van der Waals surface area contributed by atoms with Crippen LogP contribution in [0.5, 0.6) is 0 Å². The molecule has 1 heterocycles. The van der Waals surface area contributed by atoms with E-state index in [4.69, 9.17) is 11.5 Å². The van der Waals surface area contributed by atoms with Crippen LogP contribution >= 0.6 is 0 Å². The van der Waals surface area contributed by atoms with Gasteiger partial charge < -0.3 is 16.8 Å². The van der Waals surface area contributed by atoms with Gasteiger partial charge in [0.25, 0.3) is 5.91 Å². The van der Waals surface area contributed by atoms with Crippen LogP contribution in [0.15, 0.2) is 6.07 Å². The van der Waals surface area contributed by atoms with Crippen molar-refractivity contribution in [1.29, 1.82) is 0 Å². The standard InChI is InChI=1S/C11H19N5O/c1-16-9(6-10(13)15-16)11(17)14-8-4-2-7(12)3-5-8/h6-8H,2-5,12H2,1H3,(H2,13,15)(H,14,17)/t7-,8-. The molecule has 1 aromatic heterocycles. The zero-order valence-corrected chi connectivity index (χ0v) is 10.0. The van der Waals surface area contributed by atoms with Crippen molar-refractivity contribution >= 4 is 11.7 Å². The normalized spacial score (nSPS) is 24.6. The molecule has 0 atom stereocenters. The molecule has 1 amide bonds. The first-order valence-electron chi connectivity index (χ1n) is 5.92. The van der Waals surface area contributed by atoms with Gasteiger partial charge in [-0.1, -0.05) is 0 Å². The number of hydrogen-bond acceptors (Lipinski definition) is 4. The Bertz CT molecular complexity index is 406.